The van der Waals surface area contributed by atoms with Crippen molar-refractivity contribution in [2.24, 2.45) is 0 Å². The first-order valence-electron chi connectivity index (χ1n) is 5.27. The molecule has 0 heterocycles. The Morgan fingerprint density at radius 2 is 2.00 bits per heavy atom. The molecule has 14 heavy (non-hydrogen) atoms. The van der Waals surface area contributed by atoms with Crippen molar-refractivity contribution in [1.82, 2.24) is 10.4 Å². The van der Waals surface area contributed by atoms with Gasteiger partial charge in [0.2, 0.25) is 0 Å². The number of nitrogens with zero attached hydrogens (tertiary/aromatic N) is 1. The zero-order valence-electron chi connectivity index (χ0n) is 9.01. The summed E-state index contributed by atoms with van der Waals surface area (Å²) in [5.41, 5.74) is 7.79. The fourth-order valence-corrected chi connectivity index (χ4v) is 1.98. The molecule has 1 N–H and O–H groups in total. The summed E-state index contributed by atoms with van der Waals surface area (Å²) in [5, 5.41) is 1.99. The summed E-state index contributed by atoms with van der Waals surface area (Å²) in [6.45, 7) is 0.931. The van der Waals surface area contributed by atoms with Crippen molar-refractivity contribution < 1.29 is 0 Å². The first kappa shape index (κ1) is 9.69. The van der Waals surface area contributed by atoms with E-state index in [0.29, 0.717) is 0 Å². The van der Waals surface area contributed by atoms with Gasteiger partial charge >= 0.3 is 0 Å². The van der Waals surface area contributed by atoms with E-state index in [1.165, 1.54) is 24.8 Å². The lowest BCUT2D eigenvalue weighted by atomic mass is 10.1. The second kappa shape index (κ2) is 4.11. The highest BCUT2D eigenvalue weighted by Crippen LogP contribution is 2.22. The van der Waals surface area contributed by atoms with Gasteiger partial charge in [0.25, 0.3) is 0 Å². The van der Waals surface area contributed by atoms with E-state index in [4.69, 9.17) is 0 Å². The van der Waals surface area contributed by atoms with Gasteiger partial charge in [0, 0.05) is 20.6 Å². The molecule has 1 aliphatic carbocycles. The first-order chi connectivity index (χ1) is 6.75. The molecule has 2 rings (SSSR count). The smallest absolute Gasteiger partial charge is 0.0353 e. The van der Waals surface area contributed by atoms with Gasteiger partial charge in [0.1, 0.15) is 0 Å². The summed E-state index contributed by atoms with van der Waals surface area (Å²) < 4.78 is 0. The Bertz CT molecular complexity index is 318. The van der Waals surface area contributed by atoms with Gasteiger partial charge in [-0.2, -0.15) is 0 Å². The minimum Gasteiger partial charge on any atom is -0.251 e. The number of fused-ring (bicyclic) bond motifs is 1. The van der Waals surface area contributed by atoms with Crippen LogP contribution in [0.2, 0.25) is 0 Å². The molecule has 0 saturated heterocycles. The lowest BCUT2D eigenvalue weighted by Gasteiger charge is -2.12. The Labute approximate surface area is 85.9 Å². The maximum Gasteiger partial charge on any atom is 0.0353 e. The van der Waals surface area contributed by atoms with E-state index in [1.54, 1.807) is 11.1 Å². The molecule has 1 aromatic carbocycles. The average molecular weight is 190 g/mol. The summed E-state index contributed by atoms with van der Waals surface area (Å²) in [4.78, 5) is 0. The molecule has 0 spiro atoms. The Morgan fingerprint density at radius 3 is 2.79 bits per heavy atom. The first-order valence-corrected chi connectivity index (χ1v) is 5.27. The lowest BCUT2D eigenvalue weighted by Crippen LogP contribution is -2.29. The summed E-state index contributed by atoms with van der Waals surface area (Å²) in [7, 11) is 4.04. The molecule has 1 aliphatic rings. The normalized spacial score (nSPS) is 14.8. The molecule has 0 unspecified atom stereocenters. The maximum atomic E-state index is 3.29. The zero-order valence-corrected chi connectivity index (χ0v) is 9.01. The van der Waals surface area contributed by atoms with E-state index in [0.717, 1.165) is 6.54 Å². The molecular formula is C12H18N2. The van der Waals surface area contributed by atoms with Crippen LogP contribution in [-0.4, -0.2) is 19.1 Å². The summed E-state index contributed by atoms with van der Waals surface area (Å²) in [5.74, 6) is 0. The second-order valence-electron chi connectivity index (χ2n) is 4.19. The van der Waals surface area contributed by atoms with E-state index in [-0.39, 0.29) is 0 Å². The lowest BCUT2D eigenvalue weighted by molar-refractivity contribution is 0.286. The predicted octanol–water partition coefficient (Wildman–Crippen LogP) is 1.74. The standard InChI is InChI=1S/C12H18N2/c1-14(2)13-9-10-6-7-11-4-3-5-12(11)8-10/h6-8,13H,3-5,9H2,1-2H3. The van der Waals surface area contributed by atoms with Gasteiger partial charge in [-0.15, -0.1) is 0 Å². The molecule has 2 nitrogen and oxygen atoms in total. The van der Waals surface area contributed by atoms with Gasteiger partial charge in [0.05, 0.1) is 0 Å². The van der Waals surface area contributed by atoms with Gasteiger partial charge in [0.15, 0.2) is 0 Å². The zero-order chi connectivity index (χ0) is 9.97. The number of benzene rings is 1. The maximum absolute atomic E-state index is 3.29. The van der Waals surface area contributed by atoms with Gasteiger partial charge < -0.3 is 0 Å². The monoisotopic (exact) mass is 190 g/mol. The Morgan fingerprint density at radius 1 is 1.21 bits per heavy atom. The van der Waals surface area contributed by atoms with Gasteiger partial charge in [-0.1, -0.05) is 18.2 Å². The van der Waals surface area contributed by atoms with Crippen molar-refractivity contribution in [1.29, 1.82) is 0 Å². The van der Waals surface area contributed by atoms with Crippen molar-refractivity contribution in [2.75, 3.05) is 14.1 Å². The van der Waals surface area contributed by atoms with E-state index >= 15 is 0 Å². The van der Waals surface area contributed by atoms with Crippen molar-refractivity contribution in [3.63, 3.8) is 0 Å². The van der Waals surface area contributed by atoms with E-state index in [2.05, 4.69) is 23.6 Å². The predicted molar refractivity (Wildman–Crippen MR) is 59.0 cm³/mol. The minimum atomic E-state index is 0.931. The number of hydrogen-bond donors (Lipinski definition) is 1. The molecule has 0 saturated carbocycles. The molecular weight excluding hydrogens is 172 g/mol. The minimum absolute atomic E-state index is 0.931. The van der Waals surface area contributed by atoms with Crippen molar-refractivity contribution in [3.8, 4) is 0 Å². The molecule has 76 valence electrons. The number of aryl methyl sites for hydroxylation is 2. The Balaban J connectivity index is 2.05. The second-order valence-corrected chi connectivity index (χ2v) is 4.19. The van der Waals surface area contributed by atoms with Crippen LogP contribution in [0.1, 0.15) is 23.1 Å². The molecule has 2 heteroatoms. The van der Waals surface area contributed by atoms with E-state index in [9.17, 15) is 0 Å². The van der Waals surface area contributed by atoms with Crippen molar-refractivity contribution >= 4 is 0 Å². The molecule has 0 aromatic heterocycles. The fourth-order valence-electron chi connectivity index (χ4n) is 1.98. The van der Waals surface area contributed by atoms with E-state index < -0.39 is 0 Å². The molecule has 0 atom stereocenters. The number of nitrogens with one attached hydrogen (secondary N) is 1. The largest absolute Gasteiger partial charge is 0.251 e. The van der Waals surface area contributed by atoms with Crippen LogP contribution in [0, 0.1) is 0 Å². The topological polar surface area (TPSA) is 15.3 Å². The van der Waals surface area contributed by atoms with Crippen molar-refractivity contribution in [2.45, 2.75) is 25.8 Å². The van der Waals surface area contributed by atoms with Gasteiger partial charge in [-0.3, -0.25) is 10.4 Å². The fraction of sp³-hybridized carbons (Fsp3) is 0.500. The van der Waals surface area contributed by atoms with Crippen LogP contribution in [0.25, 0.3) is 0 Å². The van der Waals surface area contributed by atoms with Crippen LogP contribution in [0.15, 0.2) is 18.2 Å². The highest BCUT2D eigenvalue weighted by atomic mass is 15.5. The van der Waals surface area contributed by atoms with Crippen molar-refractivity contribution in [3.05, 3.63) is 34.9 Å². The average Bonchev–Trinajstić information content (AvgIpc) is 2.61. The van der Waals surface area contributed by atoms with Crippen LogP contribution in [-0.2, 0) is 19.4 Å². The molecule has 0 fully saturated rings. The molecule has 0 bridgehead atoms. The third kappa shape index (κ3) is 2.14. The van der Waals surface area contributed by atoms with Crippen LogP contribution in [0.3, 0.4) is 0 Å². The molecule has 0 radical (unpaired) electrons. The molecule has 0 amide bonds. The number of hydrogen-bond acceptors (Lipinski definition) is 2. The van der Waals surface area contributed by atoms with Crippen LogP contribution in [0.4, 0.5) is 0 Å². The summed E-state index contributed by atoms with van der Waals surface area (Å²) in [6, 6.07) is 6.87. The van der Waals surface area contributed by atoms with Gasteiger partial charge in [-0.05, 0) is 36.0 Å². The van der Waals surface area contributed by atoms with Crippen LogP contribution >= 0.6 is 0 Å². The Kier molecular flexibility index (Phi) is 2.85. The Hall–Kier alpha value is -0.860. The van der Waals surface area contributed by atoms with E-state index in [1.807, 2.05) is 19.1 Å². The third-order valence-corrected chi connectivity index (χ3v) is 2.76. The number of rotatable bonds is 3. The highest BCUT2D eigenvalue weighted by molar-refractivity contribution is 5.35. The van der Waals surface area contributed by atoms with Gasteiger partial charge in [-0.25, -0.2) is 0 Å². The third-order valence-electron chi connectivity index (χ3n) is 2.76. The van der Waals surface area contributed by atoms with Crippen LogP contribution in [0.5, 0.6) is 0 Å². The summed E-state index contributed by atoms with van der Waals surface area (Å²) in [6.07, 6.45) is 3.88. The summed E-state index contributed by atoms with van der Waals surface area (Å²) >= 11 is 0. The SMILES string of the molecule is CN(C)NCc1ccc2c(c1)CCC2. The van der Waals surface area contributed by atoms with Crippen LogP contribution < -0.4 is 5.43 Å². The molecule has 1 aromatic rings. The molecule has 0 aliphatic heterocycles. The quantitative estimate of drug-likeness (QED) is 0.730. The highest BCUT2D eigenvalue weighted by Gasteiger charge is 2.10. The number of hydrazine groups is 1.